The van der Waals surface area contributed by atoms with Gasteiger partial charge < -0.3 is 19.6 Å². The monoisotopic (exact) mass is 424 g/mol. The van der Waals surface area contributed by atoms with E-state index in [1.807, 2.05) is 13.8 Å². The Kier molecular flexibility index (Phi) is 5.12. The van der Waals surface area contributed by atoms with Crippen LogP contribution in [0.15, 0.2) is 47.1 Å². The van der Waals surface area contributed by atoms with E-state index in [0.29, 0.717) is 33.7 Å². The van der Waals surface area contributed by atoms with Crippen molar-refractivity contribution in [1.29, 1.82) is 0 Å². The van der Waals surface area contributed by atoms with Gasteiger partial charge in [0, 0.05) is 10.9 Å². The minimum atomic E-state index is -1.26. The van der Waals surface area contributed by atoms with E-state index in [1.165, 1.54) is 30.6 Å². The number of nitrogens with zero attached hydrogens (tertiary/aromatic N) is 2. The third kappa shape index (κ3) is 3.95. The van der Waals surface area contributed by atoms with Crippen molar-refractivity contribution in [3.8, 4) is 28.5 Å². The van der Waals surface area contributed by atoms with Gasteiger partial charge in [-0.05, 0) is 50.2 Å². The number of aromatic nitrogens is 3. The van der Waals surface area contributed by atoms with Crippen LogP contribution in [-0.4, -0.2) is 33.3 Å². The van der Waals surface area contributed by atoms with Gasteiger partial charge >= 0.3 is 12.1 Å². The van der Waals surface area contributed by atoms with Crippen molar-refractivity contribution < 1.29 is 27.9 Å². The lowest BCUT2D eigenvalue weighted by Crippen LogP contribution is -2.18. The lowest BCUT2D eigenvalue weighted by atomic mass is 10.0. The number of H-pyrrole nitrogens is 1. The standard InChI is InChI=1S/C21H17FN4O5/c1-10(2)29-16-7-13-15(8-14(16)19-24-9-25-26-19)30-18(11-3-5-12(22)6-4-11)17(13)20(27)31-21(23)28/h3-10H,1-2H3,(H2,23,28)(H,24,25,26). The molecule has 4 rings (SSSR count). The largest absolute Gasteiger partial charge is 0.490 e. The first-order valence-electron chi connectivity index (χ1n) is 9.24. The number of halogens is 1. The molecule has 2 aromatic carbocycles. The maximum atomic E-state index is 13.4. The van der Waals surface area contributed by atoms with E-state index in [-0.39, 0.29) is 17.4 Å². The van der Waals surface area contributed by atoms with Crippen molar-refractivity contribution in [2.24, 2.45) is 5.73 Å². The molecule has 4 aromatic rings. The number of hydrogen-bond acceptors (Lipinski definition) is 7. The number of nitrogens with one attached hydrogen (secondary N) is 1. The summed E-state index contributed by atoms with van der Waals surface area (Å²) in [5.41, 5.74) is 6.23. The number of ether oxygens (including phenoxy) is 2. The van der Waals surface area contributed by atoms with Crippen LogP contribution in [0.25, 0.3) is 33.7 Å². The van der Waals surface area contributed by atoms with Crippen LogP contribution in [-0.2, 0) is 4.74 Å². The summed E-state index contributed by atoms with van der Waals surface area (Å²) in [7, 11) is 0. The summed E-state index contributed by atoms with van der Waals surface area (Å²) in [6, 6.07) is 8.54. The number of furan rings is 1. The molecule has 0 aliphatic rings. The second-order valence-corrected chi connectivity index (χ2v) is 6.87. The van der Waals surface area contributed by atoms with Crippen LogP contribution in [0.4, 0.5) is 9.18 Å². The number of nitrogens with two attached hydrogens (primary N) is 1. The number of fused-ring (bicyclic) bond motifs is 1. The summed E-state index contributed by atoms with van der Waals surface area (Å²) < 4.78 is 29.8. The molecule has 2 heterocycles. The molecule has 3 N–H and O–H groups in total. The molecule has 0 aliphatic heterocycles. The minimum absolute atomic E-state index is 0.0434. The number of carbonyl (C=O) groups is 2. The third-order valence-corrected chi connectivity index (χ3v) is 4.33. The molecule has 0 atom stereocenters. The molecule has 1 amide bonds. The average molecular weight is 424 g/mol. The van der Waals surface area contributed by atoms with Crippen LogP contribution in [0.2, 0.25) is 0 Å². The summed E-state index contributed by atoms with van der Waals surface area (Å²) in [6.45, 7) is 3.69. The molecule has 0 fully saturated rings. The highest BCUT2D eigenvalue weighted by atomic mass is 19.1. The van der Waals surface area contributed by atoms with Crippen LogP contribution < -0.4 is 10.5 Å². The van der Waals surface area contributed by atoms with Crippen LogP contribution in [0.1, 0.15) is 24.2 Å². The molecule has 0 aliphatic carbocycles. The number of aromatic amines is 1. The highest BCUT2D eigenvalue weighted by molar-refractivity contribution is 6.12. The fourth-order valence-electron chi connectivity index (χ4n) is 3.14. The highest BCUT2D eigenvalue weighted by Gasteiger charge is 2.27. The van der Waals surface area contributed by atoms with E-state index in [4.69, 9.17) is 14.9 Å². The number of primary amides is 1. The zero-order valence-corrected chi connectivity index (χ0v) is 16.5. The second kappa shape index (κ2) is 7.90. The zero-order chi connectivity index (χ0) is 22.1. The molecule has 0 saturated heterocycles. The van der Waals surface area contributed by atoms with Crippen LogP contribution in [0, 0.1) is 5.82 Å². The van der Waals surface area contributed by atoms with E-state index < -0.39 is 17.9 Å². The summed E-state index contributed by atoms with van der Waals surface area (Å²) in [5, 5.41) is 6.94. The first-order valence-corrected chi connectivity index (χ1v) is 9.24. The van der Waals surface area contributed by atoms with E-state index in [0.717, 1.165) is 0 Å². The number of benzene rings is 2. The Morgan fingerprint density at radius 2 is 1.94 bits per heavy atom. The smallest absolute Gasteiger partial charge is 0.412 e. The van der Waals surface area contributed by atoms with E-state index in [1.54, 1.807) is 12.1 Å². The molecule has 0 radical (unpaired) electrons. The van der Waals surface area contributed by atoms with E-state index in [9.17, 15) is 14.0 Å². The van der Waals surface area contributed by atoms with Gasteiger partial charge in [-0.25, -0.2) is 19.0 Å². The van der Waals surface area contributed by atoms with Gasteiger partial charge in [-0.2, -0.15) is 5.10 Å². The van der Waals surface area contributed by atoms with Gasteiger partial charge in [0.15, 0.2) is 5.82 Å². The lowest BCUT2D eigenvalue weighted by molar-refractivity contribution is 0.0640. The van der Waals surface area contributed by atoms with Crippen molar-refractivity contribution in [2.45, 2.75) is 20.0 Å². The lowest BCUT2D eigenvalue weighted by Gasteiger charge is -2.13. The van der Waals surface area contributed by atoms with Gasteiger partial charge in [0.05, 0.1) is 11.7 Å². The summed E-state index contributed by atoms with van der Waals surface area (Å²) in [4.78, 5) is 28.1. The molecular formula is C21H17FN4O5. The minimum Gasteiger partial charge on any atom is -0.490 e. The molecule has 0 saturated carbocycles. The number of carbonyl (C=O) groups excluding carboxylic acids is 2. The maximum Gasteiger partial charge on any atom is 0.412 e. The van der Waals surface area contributed by atoms with Crippen LogP contribution in [0.5, 0.6) is 5.75 Å². The molecule has 10 heteroatoms. The Bertz CT molecular complexity index is 1260. The van der Waals surface area contributed by atoms with Crippen molar-refractivity contribution >= 4 is 23.0 Å². The molecule has 2 aromatic heterocycles. The molecule has 0 bridgehead atoms. The molecule has 31 heavy (non-hydrogen) atoms. The predicted molar refractivity (Wildman–Crippen MR) is 108 cm³/mol. The normalized spacial score (nSPS) is 11.1. The topological polar surface area (TPSA) is 133 Å². The Morgan fingerprint density at radius 3 is 2.55 bits per heavy atom. The fraction of sp³-hybridized carbons (Fsp3) is 0.143. The molecule has 9 nitrogen and oxygen atoms in total. The second-order valence-electron chi connectivity index (χ2n) is 6.87. The molecular weight excluding hydrogens is 407 g/mol. The molecule has 0 spiro atoms. The summed E-state index contributed by atoms with van der Waals surface area (Å²) in [5.74, 6) is -0.543. The Hall–Kier alpha value is -4.21. The van der Waals surface area contributed by atoms with Gasteiger partial charge in [-0.1, -0.05) is 0 Å². The van der Waals surface area contributed by atoms with Gasteiger partial charge in [0.2, 0.25) is 0 Å². The first-order chi connectivity index (χ1) is 14.8. The van der Waals surface area contributed by atoms with Gasteiger partial charge in [0.1, 0.15) is 34.8 Å². The predicted octanol–water partition coefficient (Wildman–Crippen LogP) is 4.05. The number of rotatable bonds is 5. The SMILES string of the molecule is CC(C)Oc1cc2c(C(=O)OC(N)=O)c(-c3ccc(F)cc3)oc2cc1-c1ncn[nH]1. The first kappa shape index (κ1) is 20.1. The fourth-order valence-corrected chi connectivity index (χ4v) is 3.14. The molecule has 158 valence electrons. The Balaban J connectivity index is 1.99. The number of esters is 1. The summed E-state index contributed by atoms with van der Waals surface area (Å²) in [6.07, 6.45) is -0.106. The maximum absolute atomic E-state index is 13.4. The van der Waals surface area contributed by atoms with Gasteiger partial charge in [-0.15, -0.1) is 0 Å². The zero-order valence-electron chi connectivity index (χ0n) is 16.5. The van der Waals surface area contributed by atoms with Crippen molar-refractivity contribution in [1.82, 2.24) is 15.2 Å². The van der Waals surface area contributed by atoms with Gasteiger partial charge in [0.25, 0.3) is 0 Å². The highest BCUT2D eigenvalue weighted by Crippen LogP contribution is 2.40. The number of amides is 1. The van der Waals surface area contributed by atoms with E-state index >= 15 is 0 Å². The Labute approximate surface area is 175 Å². The quantitative estimate of drug-likeness (QED) is 0.365. The van der Waals surface area contributed by atoms with Gasteiger partial charge in [-0.3, -0.25) is 5.10 Å². The average Bonchev–Trinajstić information content (AvgIpc) is 3.34. The van der Waals surface area contributed by atoms with Crippen molar-refractivity contribution in [3.05, 3.63) is 54.1 Å². The van der Waals surface area contributed by atoms with E-state index in [2.05, 4.69) is 19.9 Å². The van der Waals surface area contributed by atoms with Crippen LogP contribution >= 0.6 is 0 Å². The third-order valence-electron chi connectivity index (χ3n) is 4.33. The van der Waals surface area contributed by atoms with Crippen molar-refractivity contribution in [2.75, 3.05) is 0 Å². The Morgan fingerprint density at radius 1 is 1.19 bits per heavy atom. The molecule has 0 unspecified atom stereocenters. The van der Waals surface area contributed by atoms with Crippen molar-refractivity contribution in [3.63, 3.8) is 0 Å². The van der Waals surface area contributed by atoms with Crippen LogP contribution in [0.3, 0.4) is 0 Å². The summed E-state index contributed by atoms with van der Waals surface area (Å²) >= 11 is 0. The number of hydrogen-bond donors (Lipinski definition) is 2.